The average molecular weight is 283 g/mol. The Hall–Kier alpha value is -2.16. The van der Waals surface area contributed by atoms with Crippen LogP contribution in [0.15, 0.2) is 42.6 Å². The van der Waals surface area contributed by atoms with E-state index in [1.54, 1.807) is 25.3 Å². The van der Waals surface area contributed by atoms with Gasteiger partial charge in [0.05, 0.1) is 17.9 Å². The van der Waals surface area contributed by atoms with Crippen LogP contribution in [0.2, 0.25) is 0 Å². The third kappa shape index (κ3) is 3.69. The van der Waals surface area contributed by atoms with Crippen LogP contribution in [-0.4, -0.2) is 17.6 Å². The predicted octanol–water partition coefficient (Wildman–Crippen LogP) is 4.22. The monoisotopic (exact) mass is 283 g/mol. The fourth-order valence-electron chi connectivity index (χ4n) is 2.07. The summed E-state index contributed by atoms with van der Waals surface area (Å²) in [5, 5.41) is 0. The van der Waals surface area contributed by atoms with Crippen molar-refractivity contribution in [1.82, 2.24) is 4.98 Å². The van der Waals surface area contributed by atoms with Crippen LogP contribution in [0.1, 0.15) is 43.6 Å². The van der Waals surface area contributed by atoms with Crippen LogP contribution in [0.3, 0.4) is 0 Å². The number of hydrogen-bond donors (Lipinski definition) is 0. The Kier molecular flexibility index (Phi) is 4.41. The standard InChI is InChI=1S/C18H21NO2/c1-5-21-17(20)14-10-11-19-16(12-14)13-6-8-15(9-7-13)18(2,3)4/h6-12H,5H2,1-4H3. The minimum atomic E-state index is -0.313. The third-order valence-corrected chi connectivity index (χ3v) is 3.32. The molecule has 0 bridgehead atoms. The number of benzene rings is 1. The molecule has 0 atom stereocenters. The lowest BCUT2D eigenvalue weighted by Crippen LogP contribution is -2.10. The van der Waals surface area contributed by atoms with Crippen LogP contribution < -0.4 is 0 Å². The Balaban J connectivity index is 2.30. The molecule has 21 heavy (non-hydrogen) atoms. The van der Waals surface area contributed by atoms with Crippen LogP contribution in [0.4, 0.5) is 0 Å². The first kappa shape index (κ1) is 15.2. The molecule has 0 spiro atoms. The molecule has 1 aromatic carbocycles. The molecule has 0 aliphatic rings. The molecule has 110 valence electrons. The van der Waals surface area contributed by atoms with Crippen molar-refractivity contribution in [2.24, 2.45) is 0 Å². The van der Waals surface area contributed by atoms with Gasteiger partial charge in [-0.05, 0) is 30.0 Å². The number of ether oxygens (including phenoxy) is 1. The van der Waals surface area contributed by atoms with Gasteiger partial charge in [0.15, 0.2) is 0 Å². The second-order valence-electron chi connectivity index (χ2n) is 5.98. The maximum absolute atomic E-state index is 11.8. The number of pyridine rings is 1. The summed E-state index contributed by atoms with van der Waals surface area (Å²) in [5.74, 6) is -0.313. The molecule has 0 radical (unpaired) electrons. The molecule has 0 N–H and O–H groups in total. The van der Waals surface area contributed by atoms with E-state index < -0.39 is 0 Å². The molecule has 0 saturated heterocycles. The van der Waals surface area contributed by atoms with Gasteiger partial charge in [-0.15, -0.1) is 0 Å². The number of esters is 1. The molecule has 0 aliphatic carbocycles. The zero-order valence-electron chi connectivity index (χ0n) is 13.0. The number of nitrogens with zero attached hydrogens (tertiary/aromatic N) is 1. The highest BCUT2D eigenvalue weighted by Gasteiger charge is 2.14. The second-order valence-corrected chi connectivity index (χ2v) is 5.98. The van der Waals surface area contributed by atoms with Gasteiger partial charge >= 0.3 is 5.97 Å². The van der Waals surface area contributed by atoms with Crippen molar-refractivity contribution in [2.45, 2.75) is 33.1 Å². The van der Waals surface area contributed by atoms with E-state index in [0.29, 0.717) is 12.2 Å². The fraction of sp³-hybridized carbons (Fsp3) is 0.333. The summed E-state index contributed by atoms with van der Waals surface area (Å²) in [7, 11) is 0. The Labute approximate surface area is 126 Å². The molecule has 2 aromatic rings. The fourth-order valence-corrected chi connectivity index (χ4v) is 2.07. The molecule has 0 aliphatic heterocycles. The molecule has 0 unspecified atom stereocenters. The second kappa shape index (κ2) is 6.08. The normalized spacial score (nSPS) is 11.2. The maximum Gasteiger partial charge on any atom is 0.338 e. The lowest BCUT2D eigenvalue weighted by atomic mass is 9.86. The number of carbonyl (C=O) groups excluding carboxylic acids is 1. The Bertz CT molecular complexity index is 624. The van der Waals surface area contributed by atoms with Gasteiger partial charge in [0, 0.05) is 11.8 Å². The van der Waals surface area contributed by atoms with Gasteiger partial charge in [-0.25, -0.2) is 4.79 Å². The van der Waals surface area contributed by atoms with Gasteiger partial charge in [-0.3, -0.25) is 4.98 Å². The molecule has 3 heteroatoms. The van der Waals surface area contributed by atoms with Gasteiger partial charge in [-0.1, -0.05) is 45.0 Å². The van der Waals surface area contributed by atoms with Gasteiger partial charge in [0.1, 0.15) is 0 Å². The molecule has 1 heterocycles. The van der Waals surface area contributed by atoms with Crippen LogP contribution in [-0.2, 0) is 10.2 Å². The van der Waals surface area contributed by atoms with Gasteiger partial charge in [0.2, 0.25) is 0 Å². The number of rotatable bonds is 3. The van der Waals surface area contributed by atoms with Gasteiger partial charge in [-0.2, -0.15) is 0 Å². The highest BCUT2D eigenvalue weighted by molar-refractivity contribution is 5.90. The van der Waals surface area contributed by atoms with Crippen molar-refractivity contribution in [3.05, 3.63) is 53.7 Å². The van der Waals surface area contributed by atoms with Crippen molar-refractivity contribution in [3.63, 3.8) is 0 Å². The summed E-state index contributed by atoms with van der Waals surface area (Å²) in [6.45, 7) is 8.72. The lowest BCUT2D eigenvalue weighted by Gasteiger charge is -2.19. The molecule has 3 nitrogen and oxygen atoms in total. The van der Waals surface area contributed by atoms with Crippen molar-refractivity contribution < 1.29 is 9.53 Å². The lowest BCUT2D eigenvalue weighted by molar-refractivity contribution is 0.0526. The van der Waals surface area contributed by atoms with Crippen molar-refractivity contribution in [1.29, 1.82) is 0 Å². The number of hydrogen-bond acceptors (Lipinski definition) is 3. The third-order valence-electron chi connectivity index (χ3n) is 3.32. The average Bonchev–Trinajstić information content (AvgIpc) is 2.47. The zero-order chi connectivity index (χ0) is 15.5. The molecule has 0 fully saturated rings. The zero-order valence-corrected chi connectivity index (χ0v) is 13.0. The summed E-state index contributed by atoms with van der Waals surface area (Å²) >= 11 is 0. The maximum atomic E-state index is 11.8. The number of aromatic nitrogens is 1. The van der Waals surface area contributed by atoms with Crippen LogP contribution >= 0.6 is 0 Å². The van der Waals surface area contributed by atoms with Crippen molar-refractivity contribution >= 4 is 5.97 Å². The first-order valence-electron chi connectivity index (χ1n) is 7.16. The molecular weight excluding hydrogens is 262 g/mol. The molecule has 1 aromatic heterocycles. The summed E-state index contributed by atoms with van der Waals surface area (Å²) in [6.07, 6.45) is 1.64. The van der Waals surface area contributed by atoms with E-state index in [9.17, 15) is 4.79 Å². The largest absolute Gasteiger partial charge is 0.462 e. The highest BCUT2D eigenvalue weighted by atomic mass is 16.5. The van der Waals surface area contributed by atoms with E-state index >= 15 is 0 Å². The first-order chi connectivity index (χ1) is 9.91. The van der Waals surface area contributed by atoms with E-state index in [1.165, 1.54) is 5.56 Å². The SMILES string of the molecule is CCOC(=O)c1ccnc(-c2ccc(C(C)(C)C)cc2)c1. The quantitative estimate of drug-likeness (QED) is 0.792. The summed E-state index contributed by atoms with van der Waals surface area (Å²) in [4.78, 5) is 16.1. The minimum absolute atomic E-state index is 0.124. The summed E-state index contributed by atoms with van der Waals surface area (Å²) in [5.41, 5.74) is 3.70. The molecule has 2 rings (SSSR count). The van der Waals surface area contributed by atoms with Crippen LogP contribution in [0.25, 0.3) is 11.3 Å². The smallest absolute Gasteiger partial charge is 0.338 e. The Morgan fingerprint density at radius 3 is 2.38 bits per heavy atom. The molecular formula is C18H21NO2. The first-order valence-corrected chi connectivity index (χ1v) is 7.16. The Morgan fingerprint density at radius 2 is 1.81 bits per heavy atom. The Morgan fingerprint density at radius 1 is 1.14 bits per heavy atom. The highest BCUT2D eigenvalue weighted by Crippen LogP contribution is 2.25. The summed E-state index contributed by atoms with van der Waals surface area (Å²) < 4.78 is 5.02. The van der Waals surface area contributed by atoms with E-state index in [1.807, 2.05) is 12.1 Å². The van der Waals surface area contributed by atoms with Gasteiger partial charge in [0.25, 0.3) is 0 Å². The van der Waals surface area contributed by atoms with E-state index in [-0.39, 0.29) is 11.4 Å². The van der Waals surface area contributed by atoms with Crippen molar-refractivity contribution in [3.8, 4) is 11.3 Å². The molecule has 0 saturated carbocycles. The van der Waals surface area contributed by atoms with Gasteiger partial charge < -0.3 is 4.74 Å². The van der Waals surface area contributed by atoms with Crippen LogP contribution in [0, 0.1) is 0 Å². The number of carbonyl (C=O) groups is 1. The van der Waals surface area contributed by atoms with E-state index in [2.05, 4.69) is 37.9 Å². The van der Waals surface area contributed by atoms with Crippen LogP contribution in [0.5, 0.6) is 0 Å². The van der Waals surface area contributed by atoms with E-state index in [0.717, 1.165) is 11.3 Å². The van der Waals surface area contributed by atoms with E-state index in [4.69, 9.17) is 4.74 Å². The summed E-state index contributed by atoms with van der Waals surface area (Å²) in [6, 6.07) is 11.7. The minimum Gasteiger partial charge on any atom is -0.462 e. The van der Waals surface area contributed by atoms with Crippen molar-refractivity contribution in [2.75, 3.05) is 6.61 Å². The topological polar surface area (TPSA) is 39.2 Å². The predicted molar refractivity (Wildman–Crippen MR) is 84.3 cm³/mol. The molecule has 0 amide bonds.